The van der Waals surface area contributed by atoms with Gasteiger partial charge in [0.1, 0.15) is 29.4 Å². The molecule has 0 amide bonds. The zero-order valence-corrected chi connectivity index (χ0v) is 21.8. The third-order valence-corrected chi connectivity index (χ3v) is 6.85. The summed E-state index contributed by atoms with van der Waals surface area (Å²) in [5.41, 5.74) is 21.3. The number of hydrogen-bond acceptors (Lipinski definition) is 13. The normalized spacial score (nSPS) is 20.1. The first-order valence-corrected chi connectivity index (χ1v) is 13.0. The smallest absolute Gasteiger partial charge is 0.321 e. The number of aliphatic hydroxyl groups is 1. The lowest BCUT2D eigenvalue weighted by molar-refractivity contribution is -0.138. The number of aliphatic carboxylic acids is 2. The molecule has 0 spiro atoms. The molecular weight excluding hydrogens is 502 g/mol. The SMILES string of the molecule is CC(=O)[C@@H](N)CSC[C@H](N)C(=O)O.CC(=O)[C@H](N)CSC[C@@H](N)C(=O)O.CC(=O)[C@H]1C[C@@H](O)CN1. The van der Waals surface area contributed by atoms with Crippen molar-refractivity contribution in [1.29, 1.82) is 0 Å². The van der Waals surface area contributed by atoms with Gasteiger partial charge in [-0.25, -0.2) is 0 Å². The molecule has 1 saturated heterocycles. The third-order valence-electron chi connectivity index (χ3n) is 4.47. The average molecular weight is 542 g/mol. The van der Waals surface area contributed by atoms with Crippen molar-refractivity contribution in [2.24, 2.45) is 22.9 Å². The van der Waals surface area contributed by atoms with Gasteiger partial charge in [0.05, 0.1) is 24.2 Å². The highest BCUT2D eigenvalue weighted by Crippen LogP contribution is 2.06. The summed E-state index contributed by atoms with van der Waals surface area (Å²) in [4.78, 5) is 52.5. The van der Waals surface area contributed by atoms with E-state index in [9.17, 15) is 24.0 Å². The zero-order valence-electron chi connectivity index (χ0n) is 20.2. The largest absolute Gasteiger partial charge is 0.480 e. The Morgan fingerprint density at radius 3 is 1.31 bits per heavy atom. The van der Waals surface area contributed by atoms with Crippen molar-refractivity contribution in [1.82, 2.24) is 5.32 Å². The second-order valence-corrected chi connectivity index (χ2v) is 10.0. The van der Waals surface area contributed by atoms with Gasteiger partial charge in [-0.05, 0) is 27.2 Å². The highest BCUT2D eigenvalue weighted by Gasteiger charge is 2.24. The van der Waals surface area contributed by atoms with E-state index < -0.39 is 36.1 Å². The Balaban J connectivity index is 0. The average Bonchev–Trinajstić information content (AvgIpc) is 3.20. The Kier molecular flexibility index (Phi) is 19.9. The number of Topliss-reactive ketones (excluding diaryl/α,β-unsaturated/α-hetero) is 3. The van der Waals surface area contributed by atoms with E-state index in [4.69, 9.17) is 38.3 Å². The minimum atomic E-state index is -1.04. The van der Waals surface area contributed by atoms with Crippen LogP contribution in [0.15, 0.2) is 0 Å². The zero-order chi connectivity index (χ0) is 27.7. The molecule has 1 rings (SSSR count). The molecule has 0 aliphatic carbocycles. The van der Waals surface area contributed by atoms with E-state index in [1.165, 1.54) is 44.3 Å². The molecule has 15 heteroatoms. The van der Waals surface area contributed by atoms with Crippen molar-refractivity contribution in [3.8, 4) is 0 Å². The van der Waals surface area contributed by atoms with Crippen LogP contribution < -0.4 is 28.3 Å². The van der Waals surface area contributed by atoms with Gasteiger partial charge in [0.2, 0.25) is 0 Å². The maximum Gasteiger partial charge on any atom is 0.321 e. The summed E-state index contributed by atoms with van der Waals surface area (Å²) >= 11 is 2.55. The number of thioether (sulfide) groups is 2. The predicted octanol–water partition coefficient (Wildman–Crippen LogP) is -2.61. The molecule has 0 aromatic heterocycles. The number of carboxylic acid groups (broad SMARTS) is 2. The predicted molar refractivity (Wildman–Crippen MR) is 136 cm³/mol. The maximum atomic E-state index is 10.7. The van der Waals surface area contributed by atoms with E-state index in [-0.39, 0.29) is 41.0 Å². The Labute approximate surface area is 213 Å². The molecule has 0 radical (unpaired) electrons. The van der Waals surface area contributed by atoms with Crippen LogP contribution in [-0.2, 0) is 24.0 Å². The van der Waals surface area contributed by atoms with Gasteiger partial charge in [-0.15, -0.1) is 0 Å². The molecule has 0 unspecified atom stereocenters. The maximum absolute atomic E-state index is 10.7. The van der Waals surface area contributed by atoms with Crippen LogP contribution in [0.3, 0.4) is 0 Å². The number of carbonyl (C=O) groups excluding carboxylic acids is 3. The van der Waals surface area contributed by atoms with E-state index >= 15 is 0 Å². The van der Waals surface area contributed by atoms with Crippen LogP contribution in [0.5, 0.6) is 0 Å². The second-order valence-electron chi connectivity index (χ2n) is 7.86. The van der Waals surface area contributed by atoms with Crippen molar-refractivity contribution < 1.29 is 39.3 Å². The molecule has 0 bridgehead atoms. The van der Waals surface area contributed by atoms with Crippen molar-refractivity contribution in [2.45, 2.75) is 63.5 Å². The lowest BCUT2D eigenvalue weighted by Gasteiger charge is -2.08. The summed E-state index contributed by atoms with van der Waals surface area (Å²) in [6, 6.07) is -2.91. The Morgan fingerprint density at radius 1 is 0.771 bits per heavy atom. The molecule has 0 aromatic rings. The van der Waals surface area contributed by atoms with Crippen molar-refractivity contribution in [2.75, 3.05) is 29.6 Å². The van der Waals surface area contributed by atoms with Crippen LogP contribution >= 0.6 is 23.5 Å². The number of nitrogens with two attached hydrogens (primary N) is 4. The first-order valence-electron chi connectivity index (χ1n) is 10.7. The summed E-state index contributed by atoms with van der Waals surface area (Å²) in [7, 11) is 0. The number of nitrogens with one attached hydrogen (secondary N) is 1. The number of aliphatic hydroxyl groups excluding tert-OH is 1. The summed E-state index contributed by atoms with van der Waals surface area (Å²) in [5.74, 6) is -0.786. The molecule has 12 N–H and O–H groups in total. The number of carboxylic acids is 2. The Hall–Kier alpha value is -1.59. The monoisotopic (exact) mass is 541 g/mol. The molecule has 1 aliphatic heterocycles. The van der Waals surface area contributed by atoms with Crippen LogP contribution in [0.25, 0.3) is 0 Å². The number of ketones is 3. The van der Waals surface area contributed by atoms with Gasteiger partial charge in [-0.2, -0.15) is 23.5 Å². The van der Waals surface area contributed by atoms with Crippen LogP contribution in [0.1, 0.15) is 27.2 Å². The molecule has 35 heavy (non-hydrogen) atoms. The molecule has 13 nitrogen and oxygen atoms in total. The fraction of sp³-hybridized carbons (Fsp3) is 0.750. The molecule has 6 atom stereocenters. The van der Waals surface area contributed by atoms with Gasteiger partial charge < -0.3 is 43.6 Å². The number of β-amino-alcohol motifs (C(OH)–C–C–N with tert-alkyl or cyclic N) is 1. The number of carbonyl (C=O) groups is 5. The number of rotatable bonds is 13. The first kappa shape index (κ1) is 35.6. The van der Waals surface area contributed by atoms with Crippen molar-refractivity contribution in [3.05, 3.63) is 0 Å². The minimum Gasteiger partial charge on any atom is -0.480 e. The summed E-state index contributed by atoms with van der Waals surface area (Å²) < 4.78 is 0. The standard InChI is InChI=1S/2C7H14N2O3S.C6H11NO2/c2*1-4(10)5(8)2-13-3-6(9)7(11)12;1-4(8)6-2-5(9)3-7-6/h2*5-6H,2-3,8-9H2,1H3,(H,11,12);5-7,9H,2-3H2,1H3/t3*5-,6-/m101/s1. The fourth-order valence-electron chi connectivity index (χ4n) is 2.05. The van der Waals surface area contributed by atoms with Crippen LogP contribution in [0, 0.1) is 0 Å². The summed E-state index contributed by atoms with van der Waals surface area (Å²) in [6.07, 6.45) is 0.258. The van der Waals surface area contributed by atoms with E-state index in [1.54, 1.807) is 0 Å². The Morgan fingerprint density at radius 2 is 1.11 bits per heavy atom. The lowest BCUT2D eigenvalue weighted by atomic mass is 10.1. The van der Waals surface area contributed by atoms with Crippen LogP contribution in [0.2, 0.25) is 0 Å². The van der Waals surface area contributed by atoms with Crippen LogP contribution in [-0.4, -0.2) is 110 Å². The first-order chi connectivity index (χ1) is 16.1. The minimum absolute atomic E-state index is 0.0972. The third kappa shape index (κ3) is 19.3. The molecule has 1 heterocycles. The van der Waals surface area contributed by atoms with Gasteiger partial charge in [0.15, 0.2) is 0 Å². The van der Waals surface area contributed by atoms with E-state index in [0.29, 0.717) is 24.5 Å². The van der Waals surface area contributed by atoms with Gasteiger partial charge in [0.25, 0.3) is 0 Å². The Bertz CT molecular complexity index is 618. The lowest BCUT2D eigenvalue weighted by Crippen LogP contribution is -2.35. The van der Waals surface area contributed by atoms with E-state index in [1.807, 2.05) is 0 Å². The quantitative estimate of drug-likeness (QED) is 0.119. The molecule has 0 saturated carbocycles. The van der Waals surface area contributed by atoms with Crippen molar-refractivity contribution >= 4 is 52.8 Å². The van der Waals surface area contributed by atoms with Gasteiger partial charge in [-0.1, -0.05) is 0 Å². The van der Waals surface area contributed by atoms with E-state index in [2.05, 4.69) is 5.32 Å². The molecule has 1 fully saturated rings. The van der Waals surface area contributed by atoms with Gasteiger partial charge in [-0.3, -0.25) is 24.0 Å². The van der Waals surface area contributed by atoms with Crippen LogP contribution in [0.4, 0.5) is 0 Å². The highest BCUT2D eigenvalue weighted by atomic mass is 32.2. The van der Waals surface area contributed by atoms with Crippen molar-refractivity contribution in [3.63, 3.8) is 0 Å². The summed E-state index contributed by atoms with van der Waals surface area (Å²) in [6.45, 7) is 4.91. The number of hydrogen-bond donors (Lipinski definition) is 8. The fourth-order valence-corrected chi connectivity index (χ4v) is 4.09. The van der Waals surface area contributed by atoms with Gasteiger partial charge >= 0.3 is 11.9 Å². The molecule has 0 aromatic carbocycles. The van der Waals surface area contributed by atoms with E-state index in [0.717, 1.165) is 0 Å². The van der Waals surface area contributed by atoms with Gasteiger partial charge in [0, 0.05) is 29.6 Å². The molecule has 1 aliphatic rings. The topological polar surface area (TPSA) is 262 Å². The second kappa shape index (κ2) is 19.6. The molecule has 204 valence electrons. The summed E-state index contributed by atoms with van der Waals surface area (Å²) in [5, 5.41) is 28.7. The molecular formula is C20H39N5O8S2. The highest BCUT2D eigenvalue weighted by molar-refractivity contribution is 7.99.